The predicted octanol–water partition coefficient (Wildman–Crippen LogP) is 2.12. The van der Waals surface area contributed by atoms with Crippen molar-refractivity contribution in [2.24, 2.45) is 0 Å². The van der Waals surface area contributed by atoms with Gasteiger partial charge in [-0.1, -0.05) is 24.3 Å². The first-order chi connectivity index (χ1) is 12.2. The van der Waals surface area contributed by atoms with E-state index in [0.717, 1.165) is 35.4 Å². The van der Waals surface area contributed by atoms with Crippen LogP contribution in [0.5, 0.6) is 5.75 Å². The molecule has 1 aromatic heterocycles. The molecule has 1 fully saturated rings. The van der Waals surface area contributed by atoms with Gasteiger partial charge in [0.2, 0.25) is 0 Å². The smallest absolute Gasteiger partial charge is 0.138 e. The molecule has 0 bridgehead atoms. The average molecular weight is 360 g/mol. The van der Waals surface area contributed by atoms with Crippen molar-refractivity contribution in [3.05, 3.63) is 48.3 Å². The topological polar surface area (TPSA) is 71.5 Å². The van der Waals surface area contributed by atoms with E-state index in [1.165, 1.54) is 0 Å². The summed E-state index contributed by atoms with van der Waals surface area (Å²) in [4.78, 5) is 4.28. The van der Waals surface area contributed by atoms with E-state index in [1.54, 1.807) is 6.20 Å². The molecule has 0 amide bonds. The van der Waals surface area contributed by atoms with Crippen molar-refractivity contribution in [1.82, 2.24) is 10.3 Å². The fraction of sp³-hybridized carbons (Fsp3) is 0.421. The van der Waals surface area contributed by atoms with Crippen LogP contribution in [-0.2, 0) is 16.6 Å². The first-order valence-electron chi connectivity index (χ1n) is 8.61. The summed E-state index contributed by atoms with van der Waals surface area (Å²) in [6, 6.07) is 10.5. The van der Waals surface area contributed by atoms with Crippen molar-refractivity contribution in [3.63, 3.8) is 0 Å². The minimum absolute atomic E-state index is 0.0839. The third-order valence-electron chi connectivity index (χ3n) is 4.21. The van der Waals surface area contributed by atoms with Crippen LogP contribution in [0, 0.1) is 0 Å². The molecule has 1 saturated heterocycles. The second kappa shape index (κ2) is 9.08. The highest BCUT2D eigenvalue weighted by Gasteiger charge is 2.16. The first kappa shape index (κ1) is 18.0. The first-order valence-corrected chi connectivity index (χ1v) is 10.1. The average Bonchev–Trinajstić information content (AvgIpc) is 2.59. The molecule has 2 heterocycles. The molecule has 1 aliphatic heterocycles. The Hall–Kier alpha value is -1.76. The van der Waals surface area contributed by atoms with Crippen molar-refractivity contribution in [2.45, 2.75) is 24.6 Å². The van der Waals surface area contributed by atoms with Gasteiger partial charge in [-0.05, 0) is 36.6 Å². The fourth-order valence-electron chi connectivity index (χ4n) is 2.67. The summed E-state index contributed by atoms with van der Waals surface area (Å²) in [6.45, 7) is 1.81. The molecule has 0 radical (unpaired) electrons. The number of aliphatic hydroxyl groups is 1. The van der Waals surface area contributed by atoms with Gasteiger partial charge in [0, 0.05) is 46.7 Å². The van der Waals surface area contributed by atoms with Gasteiger partial charge < -0.3 is 15.2 Å². The third kappa shape index (κ3) is 5.36. The van der Waals surface area contributed by atoms with E-state index in [2.05, 4.69) is 10.3 Å². The third-order valence-corrected chi connectivity index (χ3v) is 5.61. The minimum atomic E-state index is -0.950. The quantitative estimate of drug-likeness (QED) is 0.717. The lowest BCUT2D eigenvalue weighted by atomic mass is 10.1. The Labute approximate surface area is 150 Å². The zero-order valence-electron chi connectivity index (χ0n) is 14.2. The summed E-state index contributed by atoms with van der Waals surface area (Å²) < 4.78 is 17.8. The highest BCUT2D eigenvalue weighted by molar-refractivity contribution is 7.84. The van der Waals surface area contributed by atoms with Gasteiger partial charge in [-0.15, -0.1) is 0 Å². The molecule has 0 saturated carbocycles. The molecular formula is C19H24N2O3S. The predicted molar refractivity (Wildman–Crippen MR) is 100.0 cm³/mol. The highest BCUT2D eigenvalue weighted by atomic mass is 32.2. The number of pyridine rings is 1. The Morgan fingerprint density at radius 1 is 1.28 bits per heavy atom. The Balaban J connectivity index is 1.66. The number of hydrogen-bond donors (Lipinski definition) is 2. The summed E-state index contributed by atoms with van der Waals surface area (Å²) in [6.07, 6.45) is 5.28. The van der Waals surface area contributed by atoms with Gasteiger partial charge in [-0.3, -0.25) is 9.19 Å². The molecule has 5 nitrogen and oxygen atoms in total. The normalized spacial score (nSPS) is 17.7. The Morgan fingerprint density at radius 3 is 2.92 bits per heavy atom. The van der Waals surface area contributed by atoms with Crippen molar-refractivity contribution >= 4 is 10.8 Å². The number of rotatable bonds is 9. The summed E-state index contributed by atoms with van der Waals surface area (Å²) in [5, 5.41) is 12.2. The standard InChI is InChI=1S/C19H24N2O3S/c22-7-2-8-25(23)14-15-3-1-4-16(9-15)17-10-19(12-20-11-17)24-13-18-5-6-21-18/h1,3-4,9-12,18,21-22H,2,5-8,13-14H2. The number of aromatic nitrogens is 1. The van der Waals surface area contributed by atoms with E-state index in [0.29, 0.717) is 30.6 Å². The van der Waals surface area contributed by atoms with Gasteiger partial charge in [-0.2, -0.15) is 0 Å². The number of nitrogens with one attached hydrogen (secondary N) is 1. The van der Waals surface area contributed by atoms with Crippen LogP contribution in [-0.4, -0.2) is 45.9 Å². The van der Waals surface area contributed by atoms with E-state index in [9.17, 15) is 4.21 Å². The van der Waals surface area contributed by atoms with Crippen molar-refractivity contribution in [2.75, 3.05) is 25.5 Å². The van der Waals surface area contributed by atoms with Gasteiger partial charge in [0.25, 0.3) is 0 Å². The second-order valence-electron chi connectivity index (χ2n) is 6.23. The molecule has 2 unspecified atom stereocenters. The maximum absolute atomic E-state index is 12.0. The maximum Gasteiger partial charge on any atom is 0.138 e. The number of benzene rings is 1. The van der Waals surface area contributed by atoms with Gasteiger partial charge in [0.1, 0.15) is 12.4 Å². The number of nitrogens with zero attached hydrogens (tertiary/aromatic N) is 1. The minimum Gasteiger partial charge on any atom is -0.490 e. The van der Waals surface area contributed by atoms with Gasteiger partial charge in [0.05, 0.1) is 6.20 Å². The van der Waals surface area contributed by atoms with Crippen LogP contribution in [0.3, 0.4) is 0 Å². The molecule has 3 rings (SSSR count). The lowest BCUT2D eigenvalue weighted by Crippen LogP contribution is -2.46. The Bertz CT molecular complexity index is 719. The van der Waals surface area contributed by atoms with Crippen molar-refractivity contribution in [3.8, 4) is 16.9 Å². The molecule has 1 aromatic carbocycles. The molecular weight excluding hydrogens is 336 g/mol. The van der Waals surface area contributed by atoms with Crippen LogP contribution in [0.25, 0.3) is 11.1 Å². The van der Waals surface area contributed by atoms with Crippen LogP contribution in [0.1, 0.15) is 18.4 Å². The molecule has 1 aliphatic rings. The lowest BCUT2D eigenvalue weighted by molar-refractivity contribution is 0.217. The zero-order chi connectivity index (χ0) is 17.5. The second-order valence-corrected chi connectivity index (χ2v) is 7.80. The van der Waals surface area contributed by atoms with Crippen LogP contribution >= 0.6 is 0 Å². The van der Waals surface area contributed by atoms with Gasteiger partial charge in [0.15, 0.2) is 0 Å². The molecule has 0 aliphatic carbocycles. The van der Waals surface area contributed by atoms with Gasteiger partial charge in [-0.25, -0.2) is 0 Å². The molecule has 134 valence electrons. The van der Waals surface area contributed by atoms with Gasteiger partial charge >= 0.3 is 0 Å². The molecule has 2 atom stereocenters. The van der Waals surface area contributed by atoms with Crippen molar-refractivity contribution < 1.29 is 14.1 Å². The summed E-state index contributed by atoms with van der Waals surface area (Å²) in [5.41, 5.74) is 3.05. The van der Waals surface area contributed by atoms with E-state index in [4.69, 9.17) is 9.84 Å². The van der Waals surface area contributed by atoms with Crippen LogP contribution in [0.15, 0.2) is 42.7 Å². The molecule has 2 N–H and O–H groups in total. The summed E-state index contributed by atoms with van der Waals surface area (Å²) in [5.74, 6) is 1.80. The largest absolute Gasteiger partial charge is 0.490 e. The summed E-state index contributed by atoms with van der Waals surface area (Å²) >= 11 is 0. The Morgan fingerprint density at radius 2 is 2.16 bits per heavy atom. The van der Waals surface area contributed by atoms with Crippen LogP contribution in [0.2, 0.25) is 0 Å². The number of hydrogen-bond acceptors (Lipinski definition) is 5. The molecule has 6 heteroatoms. The van der Waals surface area contributed by atoms with E-state index < -0.39 is 10.8 Å². The highest BCUT2D eigenvalue weighted by Crippen LogP contribution is 2.24. The van der Waals surface area contributed by atoms with E-state index in [-0.39, 0.29) is 6.61 Å². The van der Waals surface area contributed by atoms with Crippen molar-refractivity contribution in [1.29, 1.82) is 0 Å². The Kier molecular flexibility index (Phi) is 6.55. The number of aliphatic hydroxyl groups excluding tert-OH is 1. The zero-order valence-corrected chi connectivity index (χ0v) is 15.0. The molecule has 0 spiro atoms. The van der Waals surface area contributed by atoms with E-state index >= 15 is 0 Å². The monoisotopic (exact) mass is 360 g/mol. The lowest BCUT2D eigenvalue weighted by Gasteiger charge is -2.27. The van der Waals surface area contributed by atoms with E-state index in [1.807, 2.05) is 36.5 Å². The fourth-order valence-corrected chi connectivity index (χ4v) is 3.81. The molecule has 2 aromatic rings. The SMILES string of the molecule is O=S(CCCO)Cc1cccc(-c2cncc(OCC3CCN3)c2)c1. The number of ether oxygens (including phenoxy) is 1. The summed E-state index contributed by atoms with van der Waals surface area (Å²) in [7, 11) is -0.950. The van der Waals surface area contributed by atoms with Crippen LogP contribution < -0.4 is 10.1 Å². The maximum atomic E-state index is 12.0. The molecule has 25 heavy (non-hydrogen) atoms. The van der Waals surface area contributed by atoms with Crippen LogP contribution in [0.4, 0.5) is 0 Å².